The fourth-order valence-corrected chi connectivity index (χ4v) is 7.37. The number of pyridine rings is 1. The van der Waals surface area contributed by atoms with E-state index in [1.807, 2.05) is 20.0 Å². The first kappa shape index (κ1) is 29.9. The van der Waals surface area contributed by atoms with Gasteiger partial charge in [-0.2, -0.15) is 5.10 Å². The summed E-state index contributed by atoms with van der Waals surface area (Å²) in [4.78, 5) is 30.7. The lowest BCUT2D eigenvalue weighted by Crippen LogP contribution is -2.52. The van der Waals surface area contributed by atoms with Gasteiger partial charge in [0, 0.05) is 87.1 Å². The summed E-state index contributed by atoms with van der Waals surface area (Å²) in [6, 6.07) is 10.9. The lowest BCUT2D eigenvalue weighted by Gasteiger charge is -2.42. The van der Waals surface area contributed by atoms with Crippen molar-refractivity contribution in [2.75, 3.05) is 56.5 Å². The van der Waals surface area contributed by atoms with E-state index < -0.39 is 0 Å². The number of nitrogens with one attached hydrogen (secondary N) is 1. The van der Waals surface area contributed by atoms with E-state index in [1.54, 1.807) is 23.1 Å². The number of benzene rings is 1. The number of likely N-dealkylation sites (N-methyl/N-ethyl adjacent to an activating group) is 1. The van der Waals surface area contributed by atoms with Crippen molar-refractivity contribution in [3.63, 3.8) is 0 Å². The smallest absolute Gasteiger partial charge is 0.258 e. The maximum Gasteiger partial charge on any atom is 0.258 e. The number of imidazole rings is 1. The van der Waals surface area contributed by atoms with Gasteiger partial charge in [0.05, 0.1) is 29.0 Å². The Morgan fingerprint density at radius 2 is 1.67 bits per heavy atom. The highest BCUT2D eigenvalue weighted by molar-refractivity contribution is 6.04. The molecule has 238 valence electrons. The van der Waals surface area contributed by atoms with E-state index in [0.717, 1.165) is 74.2 Å². The SMILES string of the molecule is Cc1c(-c2cc(C(=O)Nc3nc4ccc(N5CCC(N6CCN(C)CC6)CC5)cc4n3[C@H]3CC[C@@H](O)CC3)ccn2)cnn1C. The molecule has 1 aromatic carbocycles. The second-order valence-corrected chi connectivity index (χ2v) is 13.1. The fourth-order valence-electron chi connectivity index (χ4n) is 7.37. The lowest BCUT2D eigenvalue weighted by molar-refractivity contribution is 0.0982. The standard InChI is InChI=1S/C34H45N9O2/c1-23-29(22-36-40(23)3)31-20-24(10-13-35-31)33(45)38-34-37-30-9-6-27(21-32(30)43(34)26-4-7-28(44)8-5-26)41-14-11-25(12-15-41)42-18-16-39(2)17-19-42/h6,9-10,13,20-22,25-26,28,44H,4-5,7-8,11-12,14-19H2,1-3H3,(H,37,38,45)/t26-,28+. The zero-order valence-electron chi connectivity index (χ0n) is 26.7. The van der Waals surface area contributed by atoms with Gasteiger partial charge in [-0.15, -0.1) is 0 Å². The molecular formula is C34H45N9O2. The van der Waals surface area contributed by atoms with Gasteiger partial charge >= 0.3 is 0 Å². The molecule has 3 fully saturated rings. The van der Waals surface area contributed by atoms with Crippen LogP contribution in [0.3, 0.4) is 0 Å². The first-order valence-electron chi connectivity index (χ1n) is 16.5. The zero-order valence-corrected chi connectivity index (χ0v) is 26.7. The number of aromatic nitrogens is 5. The Morgan fingerprint density at radius 1 is 0.911 bits per heavy atom. The van der Waals surface area contributed by atoms with Crippen LogP contribution in [0.1, 0.15) is 60.6 Å². The number of fused-ring (bicyclic) bond motifs is 1. The average molecular weight is 612 g/mol. The average Bonchev–Trinajstić information content (AvgIpc) is 3.59. The zero-order chi connectivity index (χ0) is 31.1. The van der Waals surface area contributed by atoms with Gasteiger partial charge in [-0.1, -0.05) is 0 Å². The number of rotatable bonds is 6. The summed E-state index contributed by atoms with van der Waals surface area (Å²) in [6.45, 7) is 8.72. The van der Waals surface area contributed by atoms with E-state index in [-0.39, 0.29) is 18.1 Å². The van der Waals surface area contributed by atoms with Crippen molar-refractivity contribution in [1.29, 1.82) is 0 Å². The summed E-state index contributed by atoms with van der Waals surface area (Å²) in [7, 11) is 4.11. The minimum atomic E-state index is -0.266. The van der Waals surface area contributed by atoms with E-state index in [9.17, 15) is 9.90 Å². The van der Waals surface area contributed by atoms with Crippen LogP contribution in [0.25, 0.3) is 22.3 Å². The molecule has 2 aliphatic heterocycles. The van der Waals surface area contributed by atoms with Crippen molar-refractivity contribution >= 4 is 28.6 Å². The second kappa shape index (κ2) is 12.5. The fraction of sp³-hybridized carbons (Fsp3) is 0.529. The minimum absolute atomic E-state index is 0.151. The van der Waals surface area contributed by atoms with Crippen LogP contribution in [0.5, 0.6) is 0 Å². The Morgan fingerprint density at radius 3 is 2.38 bits per heavy atom. The van der Waals surface area contributed by atoms with Crippen molar-refractivity contribution in [2.45, 2.75) is 63.6 Å². The first-order chi connectivity index (χ1) is 21.8. The summed E-state index contributed by atoms with van der Waals surface area (Å²) in [5, 5.41) is 17.7. The van der Waals surface area contributed by atoms with E-state index in [1.165, 1.54) is 31.6 Å². The van der Waals surface area contributed by atoms with Gasteiger partial charge in [-0.3, -0.25) is 24.7 Å². The van der Waals surface area contributed by atoms with E-state index >= 15 is 0 Å². The number of hydrogen-bond donors (Lipinski definition) is 2. The van der Waals surface area contributed by atoms with Gasteiger partial charge in [-0.05, 0) is 82.8 Å². The maximum absolute atomic E-state index is 13.7. The highest BCUT2D eigenvalue weighted by atomic mass is 16.3. The number of aliphatic hydroxyl groups is 1. The van der Waals surface area contributed by atoms with Gasteiger partial charge in [0.25, 0.3) is 5.91 Å². The van der Waals surface area contributed by atoms with Crippen LogP contribution >= 0.6 is 0 Å². The number of nitrogens with zero attached hydrogens (tertiary/aromatic N) is 8. The van der Waals surface area contributed by atoms with Crippen molar-refractivity contribution in [2.24, 2.45) is 7.05 Å². The van der Waals surface area contributed by atoms with Crippen LogP contribution in [0, 0.1) is 6.92 Å². The molecule has 4 aromatic rings. The molecule has 0 unspecified atom stereocenters. The van der Waals surface area contributed by atoms with Crippen LogP contribution in [-0.4, -0.2) is 104 Å². The molecule has 1 saturated carbocycles. The number of carbonyl (C=O) groups excluding carboxylic acids is 1. The van der Waals surface area contributed by atoms with Gasteiger partial charge in [0.2, 0.25) is 5.95 Å². The van der Waals surface area contributed by atoms with Crippen molar-refractivity contribution in [3.8, 4) is 11.3 Å². The Hall–Kier alpha value is -3.80. The van der Waals surface area contributed by atoms with Gasteiger partial charge in [0.1, 0.15) is 0 Å². The van der Waals surface area contributed by atoms with Gasteiger partial charge in [-0.25, -0.2) is 4.98 Å². The molecule has 0 spiro atoms. The number of aryl methyl sites for hydroxylation is 1. The summed E-state index contributed by atoms with van der Waals surface area (Å²) in [5.74, 6) is 0.331. The molecular weight excluding hydrogens is 566 g/mol. The predicted octanol–water partition coefficient (Wildman–Crippen LogP) is 4.08. The van der Waals surface area contributed by atoms with Crippen LogP contribution in [0.15, 0.2) is 42.7 Å². The third-order valence-corrected chi connectivity index (χ3v) is 10.3. The van der Waals surface area contributed by atoms with E-state index in [0.29, 0.717) is 23.2 Å². The Labute approximate surface area is 264 Å². The summed E-state index contributed by atoms with van der Waals surface area (Å²) < 4.78 is 4.02. The summed E-state index contributed by atoms with van der Waals surface area (Å²) >= 11 is 0. The molecule has 0 atom stereocenters. The van der Waals surface area contributed by atoms with Crippen LogP contribution in [0.2, 0.25) is 0 Å². The Balaban J connectivity index is 1.14. The number of piperazine rings is 1. The van der Waals surface area contributed by atoms with Crippen LogP contribution < -0.4 is 10.2 Å². The highest BCUT2D eigenvalue weighted by Gasteiger charge is 2.29. The van der Waals surface area contributed by atoms with Crippen molar-refractivity contribution in [3.05, 3.63) is 54.0 Å². The number of piperidine rings is 1. The van der Waals surface area contributed by atoms with Crippen LogP contribution in [-0.2, 0) is 7.05 Å². The monoisotopic (exact) mass is 611 g/mol. The third kappa shape index (κ3) is 6.08. The van der Waals surface area contributed by atoms with E-state index in [2.05, 4.69) is 59.9 Å². The number of anilines is 2. The molecule has 11 heteroatoms. The number of aliphatic hydroxyl groups excluding tert-OH is 1. The molecule has 1 amide bonds. The molecule has 45 heavy (non-hydrogen) atoms. The lowest BCUT2D eigenvalue weighted by atomic mass is 9.93. The maximum atomic E-state index is 13.7. The van der Waals surface area contributed by atoms with Crippen molar-refractivity contribution < 1.29 is 9.90 Å². The molecule has 1 aliphatic carbocycles. The number of amides is 1. The van der Waals surface area contributed by atoms with Crippen LogP contribution in [0.4, 0.5) is 11.6 Å². The first-order valence-corrected chi connectivity index (χ1v) is 16.5. The third-order valence-electron chi connectivity index (χ3n) is 10.3. The predicted molar refractivity (Wildman–Crippen MR) is 177 cm³/mol. The molecule has 0 radical (unpaired) electrons. The quantitative estimate of drug-likeness (QED) is 0.336. The van der Waals surface area contributed by atoms with E-state index in [4.69, 9.17) is 4.98 Å². The van der Waals surface area contributed by atoms with Crippen molar-refractivity contribution in [1.82, 2.24) is 34.1 Å². The molecule has 5 heterocycles. The summed E-state index contributed by atoms with van der Waals surface area (Å²) in [6.07, 6.45) is 8.71. The molecule has 2 saturated heterocycles. The second-order valence-electron chi connectivity index (χ2n) is 13.1. The number of carbonyl (C=O) groups is 1. The molecule has 3 aliphatic rings. The molecule has 11 nitrogen and oxygen atoms in total. The molecule has 3 aromatic heterocycles. The van der Waals surface area contributed by atoms with Gasteiger partial charge < -0.3 is 19.5 Å². The Bertz CT molecular complexity index is 1660. The topological polar surface area (TPSA) is 108 Å². The summed E-state index contributed by atoms with van der Waals surface area (Å²) in [5.41, 5.74) is 6.23. The Kier molecular flexibility index (Phi) is 8.32. The molecule has 2 N–H and O–H groups in total. The number of hydrogen-bond acceptors (Lipinski definition) is 8. The molecule has 7 rings (SSSR count). The minimum Gasteiger partial charge on any atom is -0.393 e. The molecule has 0 bridgehead atoms. The van der Waals surface area contributed by atoms with Gasteiger partial charge in [0.15, 0.2) is 0 Å². The normalized spacial score (nSPS) is 22.3. The largest absolute Gasteiger partial charge is 0.393 e. The highest BCUT2D eigenvalue weighted by Crippen LogP contribution is 2.36.